The van der Waals surface area contributed by atoms with Crippen LogP contribution in [0.15, 0.2) is 60.7 Å². The molecule has 2 amide bonds. The van der Waals surface area contributed by atoms with Crippen molar-refractivity contribution in [1.82, 2.24) is 5.32 Å². The smallest absolute Gasteiger partial charge is 0.312 e. The Kier molecular flexibility index (Phi) is 4.83. The highest BCUT2D eigenvalue weighted by Crippen LogP contribution is 2.35. The van der Waals surface area contributed by atoms with E-state index >= 15 is 0 Å². The molecule has 4 N–H and O–H groups in total. The Hall–Kier alpha value is -2.33. The van der Waals surface area contributed by atoms with Gasteiger partial charge in [-0.1, -0.05) is 74.5 Å². The van der Waals surface area contributed by atoms with Crippen LogP contribution in [0.1, 0.15) is 25.0 Å². The van der Waals surface area contributed by atoms with Crippen LogP contribution in [0, 0.1) is 5.92 Å². The van der Waals surface area contributed by atoms with Crippen LogP contribution >= 0.6 is 0 Å². The highest BCUT2D eigenvalue weighted by atomic mass is 16.3. The van der Waals surface area contributed by atoms with Crippen molar-refractivity contribution in [1.29, 1.82) is 0 Å². The van der Waals surface area contributed by atoms with Crippen molar-refractivity contribution >= 4 is 6.03 Å². The fraction of sp³-hybridized carbons (Fsp3) is 0.278. The second kappa shape index (κ2) is 6.62. The van der Waals surface area contributed by atoms with Crippen molar-refractivity contribution in [3.8, 4) is 0 Å². The van der Waals surface area contributed by atoms with E-state index in [1.54, 1.807) is 0 Å². The molecule has 2 aromatic rings. The summed E-state index contributed by atoms with van der Waals surface area (Å²) in [5, 5.41) is 14.3. The van der Waals surface area contributed by atoms with Gasteiger partial charge in [-0.3, -0.25) is 0 Å². The van der Waals surface area contributed by atoms with E-state index in [4.69, 9.17) is 5.73 Å². The van der Waals surface area contributed by atoms with E-state index < -0.39 is 17.7 Å². The largest absolute Gasteiger partial charge is 0.378 e. The summed E-state index contributed by atoms with van der Waals surface area (Å²) in [6, 6.07) is 17.5. The molecule has 0 aliphatic rings. The molecule has 0 bridgehead atoms. The lowest BCUT2D eigenvalue weighted by molar-refractivity contribution is 0.0240. The molecule has 0 saturated heterocycles. The highest BCUT2D eigenvalue weighted by Gasteiger charge is 2.42. The minimum absolute atomic E-state index is 0.0158. The summed E-state index contributed by atoms with van der Waals surface area (Å²) in [6.45, 7) is 3.88. The molecule has 0 saturated carbocycles. The van der Waals surface area contributed by atoms with E-state index in [1.807, 2.05) is 74.5 Å². The van der Waals surface area contributed by atoms with Crippen LogP contribution in [-0.2, 0) is 5.60 Å². The van der Waals surface area contributed by atoms with Gasteiger partial charge in [-0.25, -0.2) is 4.79 Å². The number of carbonyl (C=O) groups is 1. The van der Waals surface area contributed by atoms with Gasteiger partial charge in [0.15, 0.2) is 0 Å². The number of hydrogen-bond donors (Lipinski definition) is 3. The predicted octanol–water partition coefficient (Wildman–Crippen LogP) is 2.62. The quantitative estimate of drug-likeness (QED) is 0.793. The van der Waals surface area contributed by atoms with Crippen molar-refractivity contribution in [2.45, 2.75) is 25.5 Å². The first-order valence-electron chi connectivity index (χ1n) is 7.35. The lowest BCUT2D eigenvalue weighted by Gasteiger charge is -2.39. The maximum atomic E-state index is 11.6. The molecule has 4 heteroatoms. The molecule has 0 spiro atoms. The number of aliphatic hydroxyl groups is 1. The molecule has 0 aliphatic carbocycles. The van der Waals surface area contributed by atoms with Gasteiger partial charge in [0, 0.05) is 0 Å². The molecule has 2 rings (SSSR count). The summed E-state index contributed by atoms with van der Waals surface area (Å²) in [4.78, 5) is 11.4. The number of hydrogen-bond acceptors (Lipinski definition) is 2. The Labute approximate surface area is 131 Å². The van der Waals surface area contributed by atoms with Gasteiger partial charge in [-0.05, 0) is 17.0 Å². The topological polar surface area (TPSA) is 75.3 Å². The third-order valence-corrected chi connectivity index (χ3v) is 3.84. The Morgan fingerprint density at radius 3 is 1.73 bits per heavy atom. The minimum atomic E-state index is -1.36. The zero-order valence-electron chi connectivity index (χ0n) is 12.9. The number of primary amides is 1. The van der Waals surface area contributed by atoms with Gasteiger partial charge in [0.1, 0.15) is 5.60 Å². The van der Waals surface area contributed by atoms with Crippen LogP contribution in [0.2, 0.25) is 0 Å². The highest BCUT2D eigenvalue weighted by molar-refractivity contribution is 5.72. The summed E-state index contributed by atoms with van der Waals surface area (Å²) in [6.07, 6.45) is 0. The molecule has 0 heterocycles. The zero-order chi connectivity index (χ0) is 16.2. The van der Waals surface area contributed by atoms with E-state index in [2.05, 4.69) is 5.32 Å². The van der Waals surface area contributed by atoms with Gasteiger partial charge in [-0.2, -0.15) is 0 Å². The summed E-state index contributed by atoms with van der Waals surface area (Å²) in [5.41, 5.74) is 5.40. The van der Waals surface area contributed by atoms with E-state index in [9.17, 15) is 9.90 Å². The molecular weight excluding hydrogens is 276 g/mol. The van der Waals surface area contributed by atoms with Crippen molar-refractivity contribution in [2.75, 3.05) is 0 Å². The Bertz CT molecular complexity index is 572. The van der Waals surface area contributed by atoms with Crippen molar-refractivity contribution in [2.24, 2.45) is 11.7 Å². The number of nitrogens with one attached hydrogen (secondary N) is 1. The predicted molar refractivity (Wildman–Crippen MR) is 87.2 cm³/mol. The van der Waals surface area contributed by atoms with Gasteiger partial charge >= 0.3 is 6.03 Å². The lowest BCUT2D eigenvalue weighted by Crippen LogP contribution is -2.55. The van der Waals surface area contributed by atoms with Crippen molar-refractivity contribution < 1.29 is 9.90 Å². The maximum absolute atomic E-state index is 11.6. The maximum Gasteiger partial charge on any atom is 0.312 e. The van der Waals surface area contributed by atoms with Gasteiger partial charge in [0.05, 0.1) is 6.04 Å². The van der Waals surface area contributed by atoms with E-state index in [0.717, 1.165) is 0 Å². The molecule has 22 heavy (non-hydrogen) atoms. The fourth-order valence-corrected chi connectivity index (χ4v) is 2.82. The molecule has 1 atom stereocenters. The SMILES string of the molecule is CC(C)C(NC(N)=O)C(O)(c1ccccc1)c1ccccc1. The first-order chi connectivity index (χ1) is 10.5. The molecule has 0 aromatic heterocycles. The first-order valence-corrected chi connectivity index (χ1v) is 7.35. The second-order valence-corrected chi connectivity index (χ2v) is 5.73. The average Bonchev–Trinajstić information content (AvgIpc) is 2.53. The van der Waals surface area contributed by atoms with E-state index in [1.165, 1.54) is 0 Å². The van der Waals surface area contributed by atoms with E-state index in [0.29, 0.717) is 11.1 Å². The number of carbonyl (C=O) groups excluding carboxylic acids is 1. The molecule has 0 fully saturated rings. The van der Waals surface area contributed by atoms with E-state index in [-0.39, 0.29) is 5.92 Å². The number of urea groups is 1. The molecular formula is C18H22N2O2. The number of amides is 2. The third-order valence-electron chi connectivity index (χ3n) is 3.84. The van der Waals surface area contributed by atoms with Crippen LogP contribution in [0.4, 0.5) is 4.79 Å². The monoisotopic (exact) mass is 298 g/mol. The van der Waals surface area contributed by atoms with Crippen LogP contribution < -0.4 is 11.1 Å². The van der Waals surface area contributed by atoms with Crippen LogP contribution in [0.5, 0.6) is 0 Å². The van der Waals surface area contributed by atoms with Crippen molar-refractivity contribution in [3.63, 3.8) is 0 Å². The van der Waals surface area contributed by atoms with Crippen LogP contribution in [0.25, 0.3) is 0 Å². The third kappa shape index (κ3) is 3.12. The van der Waals surface area contributed by atoms with Crippen molar-refractivity contribution in [3.05, 3.63) is 71.8 Å². The van der Waals surface area contributed by atoms with Gasteiger partial charge < -0.3 is 16.2 Å². The standard InChI is InChI=1S/C18H22N2O2/c1-13(2)16(20-17(19)21)18(22,14-9-5-3-6-10-14)15-11-7-4-8-12-15/h3-13,16,22H,1-2H3,(H3,19,20,21). The Morgan fingerprint density at radius 2 is 1.41 bits per heavy atom. The second-order valence-electron chi connectivity index (χ2n) is 5.73. The summed E-state index contributed by atoms with van der Waals surface area (Å²) in [5.74, 6) is -0.0158. The Balaban J connectivity index is 2.61. The minimum Gasteiger partial charge on any atom is -0.378 e. The average molecular weight is 298 g/mol. The van der Waals surface area contributed by atoms with Crippen LogP contribution in [0.3, 0.4) is 0 Å². The summed E-state index contributed by atoms with van der Waals surface area (Å²) in [7, 11) is 0. The normalized spacial score (nSPS) is 12.9. The van der Waals surface area contributed by atoms with Gasteiger partial charge in [-0.15, -0.1) is 0 Å². The lowest BCUT2D eigenvalue weighted by atomic mass is 9.76. The summed E-state index contributed by atoms with van der Waals surface area (Å²) >= 11 is 0. The number of rotatable bonds is 5. The van der Waals surface area contributed by atoms with Gasteiger partial charge in [0.2, 0.25) is 0 Å². The molecule has 2 aromatic carbocycles. The number of nitrogens with two attached hydrogens (primary N) is 1. The zero-order valence-corrected chi connectivity index (χ0v) is 12.9. The first kappa shape index (κ1) is 16.0. The number of benzene rings is 2. The Morgan fingerprint density at radius 1 is 1.00 bits per heavy atom. The molecule has 4 nitrogen and oxygen atoms in total. The molecule has 1 unspecified atom stereocenters. The molecule has 0 aliphatic heterocycles. The fourth-order valence-electron chi connectivity index (χ4n) is 2.82. The van der Waals surface area contributed by atoms with Crippen LogP contribution in [-0.4, -0.2) is 17.2 Å². The molecule has 0 radical (unpaired) electrons. The molecule has 116 valence electrons. The van der Waals surface area contributed by atoms with Gasteiger partial charge in [0.25, 0.3) is 0 Å². The summed E-state index contributed by atoms with van der Waals surface area (Å²) < 4.78 is 0.